The number of halogens is 1. The lowest BCUT2D eigenvalue weighted by Crippen LogP contribution is -2.40. The van der Waals surface area contributed by atoms with Crippen LogP contribution >= 0.6 is 15.9 Å². The van der Waals surface area contributed by atoms with Gasteiger partial charge in [-0.1, -0.05) is 36.2 Å². The zero-order valence-electron chi connectivity index (χ0n) is 13.0. The van der Waals surface area contributed by atoms with Gasteiger partial charge in [-0.15, -0.1) is 0 Å². The van der Waals surface area contributed by atoms with Crippen molar-refractivity contribution in [1.82, 2.24) is 5.32 Å². The molecule has 1 aliphatic carbocycles. The fraction of sp³-hybridized carbons (Fsp3) is 0.647. The SMILES string of the molecule is CNC(Cc1cc(Br)ccc1OC)C1CCCC1(C)C. The Morgan fingerprint density at radius 3 is 2.75 bits per heavy atom. The highest BCUT2D eigenvalue weighted by Crippen LogP contribution is 2.45. The Morgan fingerprint density at radius 1 is 1.45 bits per heavy atom. The van der Waals surface area contributed by atoms with E-state index in [0.29, 0.717) is 11.5 Å². The maximum Gasteiger partial charge on any atom is 0.122 e. The van der Waals surface area contributed by atoms with Gasteiger partial charge in [-0.05, 0) is 61.4 Å². The predicted molar refractivity (Wildman–Crippen MR) is 88.4 cm³/mol. The third kappa shape index (κ3) is 3.37. The molecule has 1 saturated carbocycles. The van der Waals surface area contributed by atoms with Crippen LogP contribution in [-0.2, 0) is 6.42 Å². The fourth-order valence-corrected chi connectivity index (χ4v) is 4.10. The fourth-order valence-electron chi connectivity index (χ4n) is 3.69. The summed E-state index contributed by atoms with van der Waals surface area (Å²) in [7, 11) is 3.84. The van der Waals surface area contributed by atoms with Crippen molar-refractivity contribution in [3.8, 4) is 5.75 Å². The largest absolute Gasteiger partial charge is 0.496 e. The first kappa shape index (κ1) is 15.8. The molecule has 1 aromatic rings. The van der Waals surface area contributed by atoms with Crippen LogP contribution in [0.2, 0.25) is 0 Å². The molecule has 0 bridgehead atoms. The summed E-state index contributed by atoms with van der Waals surface area (Å²) in [5, 5.41) is 3.55. The lowest BCUT2D eigenvalue weighted by Gasteiger charge is -2.34. The summed E-state index contributed by atoms with van der Waals surface area (Å²) >= 11 is 3.57. The maximum atomic E-state index is 5.51. The number of rotatable bonds is 5. The minimum atomic E-state index is 0.437. The first-order valence-corrected chi connectivity index (χ1v) is 8.27. The molecule has 1 fully saturated rings. The zero-order chi connectivity index (χ0) is 14.8. The second-order valence-electron chi connectivity index (χ2n) is 6.54. The van der Waals surface area contributed by atoms with E-state index >= 15 is 0 Å². The molecule has 2 rings (SSSR count). The van der Waals surface area contributed by atoms with Crippen LogP contribution in [0.25, 0.3) is 0 Å². The van der Waals surface area contributed by atoms with Gasteiger partial charge in [-0.3, -0.25) is 0 Å². The second kappa shape index (κ2) is 6.48. The van der Waals surface area contributed by atoms with Crippen molar-refractivity contribution >= 4 is 15.9 Å². The number of hydrogen-bond acceptors (Lipinski definition) is 2. The third-order valence-electron chi connectivity index (χ3n) is 4.88. The molecule has 0 spiro atoms. The highest BCUT2D eigenvalue weighted by molar-refractivity contribution is 9.10. The van der Waals surface area contributed by atoms with Gasteiger partial charge in [0.05, 0.1) is 7.11 Å². The second-order valence-corrected chi connectivity index (χ2v) is 7.46. The van der Waals surface area contributed by atoms with Crippen molar-refractivity contribution in [2.24, 2.45) is 11.3 Å². The van der Waals surface area contributed by atoms with E-state index in [2.05, 4.69) is 48.2 Å². The van der Waals surface area contributed by atoms with Gasteiger partial charge in [0, 0.05) is 10.5 Å². The molecule has 0 aliphatic heterocycles. The van der Waals surface area contributed by atoms with E-state index in [1.165, 1.54) is 24.8 Å². The Hall–Kier alpha value is -0.540. The van der Waals surface area contributed by atoms with Crippen LogP contribution in [0.3, 0.4) is 0 Å². The molecule has 112 valence electrons. The number of ether oxygens (including phenoxy) is 1. The van der Waals surface area contributed by atoms with E-state index in [0.717, 1.165) is 22.6 Å². The molecule has 1 N–H and O–H groups in total. The van der Waals surface area contributed by atoms with Gasteiger partial charge >= 0.3 is 0 Å². The average Bonchev–Trinajstić information content (AvgIpc) is 2.76. The lowest BCUT2D eigenvalue weighted by molar-refractivity contribution is 0.201. The van der Waals surface area contributed by atoms with Crippen molar-refractivity contribution < 1.29 is 4.74 Å². The standard InChI is InChI=1S/C17H26BrNO/c1-17(2)9-5-6-14(17)15(19-3)11-12-10-13(18)7-8-16(12)20-4/h7-8,10,14-15,19H,5-6,9,11H2,1-4H3. The molecule has 2 unspecified atom stereocenters. The van der Waals surface area contributed by atoms with Crippen LogP contribution in [-0.4, -0.2) is 20.2 Å². The summed E-state index contributed by atoms with van der Waals surface area (Å²) in [4.78, 5) is 0. The van der Waals surface area contributed by atoms with Crippen LogP contribution < -0.4 is 10.1 Å². The number of hydrogen-bond donors (Lipinski definition) is 1. The molecule has 1 aromatic carbocycles. The molecule has 20 heavy (non-hydrogen) atoms. The van der Waals surface area contributed by atoms with Gasteiger partial charge in [-0.2, -0.15) is 0 Å². The van der Waals surface area contributed by atoms with Crippen LogP contribution in [0.5, 0.6) is 5.75 Å². The Labute approximate surface area is 131 Å². The first-order chi connectivity index (χ1) is 9.47. The molecule has 0 heterocycles. The number of benzene rings is 1. The van der Waals surface area contributed by atoms with Gasteiger partial charge in [0.2, 0.25) is 0 Å². The molecule has 2 atom stereocenters. The molecular weight excluding hydrogens is 314 g/mol. The summed E-state index contributed by atoms with van der Waals surface area (Å²) in [6.45, 7) is 4.82. The van der Waals surface area contributed by atoms with Gasteiger partial charge < -0.3 is 10.1 Å². The molecule has 0 amide bonds. The first-order valence-electron chi connectivity index (χ1n) is 7.47. The molecule has 0 saturated heterocycles. The highest BCUT2D eigenvalue weighted by atomic mass is 79.9. The highest BCUT2D eigenvalue weighted by Gasteiger charge is 2.39. The Bertz CT molecular complexity index is 458. The Morgan fingerprint density at radius 2 is 2.20 bits per heavy atom. The Kier molecular flexibility index (Phi) is 5.14. The van der Waals surface area contributed by atoms with E-state index < -0.39 is 0 Å². The van der Waals surface area contributed by atoms with Gasteiger partial charge in [0.15, 0.2) is 0 Å². The third-order valence-corrected chi connectivity index (χ3v) is 5.37. The van der Waals surface area contributed by atoms with E-state index in [-0.39, 0.29) is 0 Å². The van der Waals surface area contributed by atoms with E-state index in [1.54, 1.807) is 7.11 Å². The number of nitrogens with one attached hydrogen (secondary N) is 1. The van der Waals surface area contributed by atoms with Crippen molar-refractivity contribution in [2.45, 2.75) is 45.6 Å². The van der Waals surface area contributed by atoms with Gasteiger partial charge in [-0.25, -0.2) is 0 Å². The molecular formula is C17H26BrNO. The lowest BCUT2D eigenvalue weighted by atomic mass is 9.76. The summed E-state index contributed by atoms with van der Waals surface area (Å²) in [6, 6.07) is 6.78. The number of methoxy groups -OCH3 is 1. The molecule has 3 heteroatoms. The summed E-state index contributed by atoms with van der Waals surface area (Å²) in [5.41, 5.74) is 1.72. The minimum Gasteiger partial charge on any atom is -0.496 e. The van der Waals surface area contributed by atoms with Crippen LogP contribution in [0.1, 0.15) is 38.7 Å². The van der Waals surface area contributed by atoms with Crippen LogP contribution in [0.15, 0.2) is 22.7 Å². The van der Waals surface area contributed by atoms with Crippen molar-refractivity contribution in [1.29, 1.82) is 0 Å². The van der Waals surface area contributed by atoms with E-state index in [9.17, 15) is 0 Å². The maximum absolute atomic E-state index is 5.51. The van der Waals surface area contributed by atoms with Gasteiger partial charge in [0.25, 0.3) is 0 Å². The summed E-state index contributed by atoms with van der Waals surface area (Å²) < 4.78 is 6.63. The van der Waals surface area contributed by atoms with Crippen molar-refractivity contribution in [3.05, 3.63) is 28.2 Å². The minimum absolute atomic E-state index is 0.437. The molecule has 0 radical (unpaired) electrons. The van der Waals surface area contributed by atoms with Gasteiger partial charge in [0.1, 0.15) is 5.75 Å². The predicted octanol–water partition coefficient (Wildman–Crippen LogP) is 4.41. The zero-order valence-corrected chi connectivity index (χ0v) is 14.6. The van der Waals surface area contributed by atoms with Crippen molar-refractivity contribution in [3.63, 3.8) is 0 Å². The Balaban J connectivity index is 2.20. The van der Waals surface area contributed by atoms with E-state index in [4.69, 9.17) is 4.74 Å². The summed E-state index contributed by atoms with van der Waals surface area (Å²) in [5.74, 6) is 1.72. The molecule has 0 aromatic heterocycles. The van der Waals surface area contributed by atoms with Crippen molar-refractivity contribution in [2.75, 3.05) is 14.2 Å². The average molecular weight is 340 g/mol. The normalized spacial score (nSPS) is 22.8. The monoisotopic (exact) mass is 339 g/mol. The molecule has 2 nitrogen and oxygen atoms in total. The topological polar surface area (TPSA) is 21.3 Å². The van der Waals surface area contributed by atoms with E-state index in [1.807, 2.05) is 12.1 Å². The number of likely N-dealkylation sites (N-methyl/N-ethyl adjacent to an activating group) is 1. The van der Waals surface area contributed by atoms with Crippen LogP contribution in [0, 0.1) is 11.3 Å². The smallest absolute Gasteiger partial charge is 0.122 e. The summed E-state index contributed by atoms with van der Waals surface area (Å²) in [6.07, 6.45) is 5.04. The quantitative estimate of drug-likeness (QED) is 0.857. The molecule has 1 aliphatic rings. The van der Waals surface area contributed by atoms with Crippen LogP contribution in [0.4, 0.5) is 0 Å².